The Morgan fingerprint density at radius 1 is 1.20 bits per heavy atom. The van der Waals surface area contributed by atoms with E-state index >= 15 is 0 Å². The highest BCUT2D eigenvalue weighted by Crippen LogP contribution is 2.28. The van der Waals surface area contributed by atoms with Crippen molar-refractivity contribution in [3.8, 4) is 0 Å². The molecule has 2 aliphatic rings. The quantitative estimate of drug-likeness (QED) is 0.774. The van der Waals surface area contributed by atoms with Crippen LogP contribution in [0.15, 0.2) is 47.7 Å². The van der Waals surface area contributed by atoms with Gasteiger partial charge in [0, 0.05) is 18.2 Å². The zero-order valence-electron chi connectivity index (χ0n) is 14.2. The number of amides is 3. The Morgan fingerprint density at radius 2 is 1.88 bits per heavy atom. The molecule has 0 spiro atoms. The van der Waals surface area contributed by atoms with E-state index in [1.165, 1.54) is 18.8 Å². The van der Waals surface area contributed by atoms with Gasteiger partial charge in [-0.15, -0.1) is 4.90 Å². The maximum absolute atomic E-state index is 13.0. The number of allylic oxidation sites excluding steroid dienone is 1. The van der Waals surface area contributed by atoms with Crippen molar-refractivity contribution in [3.05, 3.63) is 52.8 Å². The summed E-state index contributed by atoms with van der Waals surface area (Å²) >= 11 is 5.91. The van der Waals surface area contributed by atoms with Gasteiger partial charge in [0.2, 0.25) is 0 Å². The highest BCUT2D eigenvalue weighted by atomic mass is 35.5. The highest BCUT2D eigenvalue weighted by molar-refractivity contribution is 6.36. The molecule has 0 saturated carbocycles. The molecule has 1 aromatic carbocycles. The number of ether oxygens (including phenoxy) is 2. The van der Waals surface area contributed by atoms with E-state index in [0.29, 0.717) is 34.3 Å². The van der Waals surface area contributed by atoms with Crippen molar-refractivity contribution < 1.29 is 23.6 Å². The molecule has 3 rings (SSSR count). The Kier molecular flexibility index (Phi) is 4.74. The van der Waals surface area contributed by atoms with Crippen LogP contribution in [0.5, 0.6) is 0 Å². The largest absolute Gasteiger partial charge is 0.506 e. The summed E-state index contributed by atoms with van der Waals surface area (Å²) in [5.41, 5.74) is 1.39. The zero-order chi connectivity index (χ0) is 18.1. The van der Waals surface area contributed by atoms with Gasteiger partial charge in [0.05, 0.1) is 13.7 Å². The van der Waals surface area contributed by atoms with Gasteiger partial charge in [0.1, 0.15) is 28.8 Å². The molecule has 1 atom stereocenters. The third-order valence-electron chi connectivity index (χ3n) is 4.19. The molecule has 1 heterocycles. The van der Waals surface area contributed by atoms with Crippen LogP contribution in [0.2, 0.25) is 5.02 Å². The molecule has 1 aliphatic carbocycles. The van der Waals surface area contributed by atoms with Crippen LogP contribution in [0.25, 0.3) is 0 Å². The monoisotopic (exact) mass is 361 g/mol. The first-order valence-electron chi connectivity index (χ1n) is 7.80. The third-order valence-corrected chi connectivity index (χ3v) is 4.44. The number of urea groups is 1. The summed E-state index contributed by atoms with van der Waals surface area (Å²) in [6.07, 6.45) is 2.88. The van der Waals surface area contributed by atoms with Crippen LogP contribution in [0, 0.1) is 0 Å². The lowest BCUT2D eigenvalue weighted by Crippen LogP contribution is -2.52. The van der Waals surface area contributed by atoms with Gasteiger partial charge in [-0.3, -0.25) is 0 Å². The minimum absolute atomic E-state index is 0.402. The van der Waals surface area contributed by atoms with E-state index in [0.717, 1.165) is 4.90 Å². The summed E-state index contributed by atoms with van der Waals surface area (Å²) in [6, 6.07) is 6.16. The van der Waals surface area contributed by atoms with Crippen molar-refractivity contribution in [3.63, 3.8) is 0 Å². The number of methoxy groups -OCH3 is 2. The van der Waals surface area contributed by atoms with Crippen molar-refractivity contribution in [2.75, 3.05) is 25.7 Å². The molecule has 130 valence electrons. The number of hydrogen-bond donors (Lipinski definition) is 0. The van der Waals surface area contributed by atoms with Crippen molar-refractivity contribution in [1.29, 1.82) is 0 Å². The van der Waals surface area contributed by atoms with Gasteiger partial charge in [-0.25, -0.2) is 4.79 Å². The number of imide groups is 1. The molecule has 7 heteroatoms. The van der Waals surface area contributed by atoms with Gasteiger partial charge < -0.3 is 9.47 Å². The molecular weight excluding hydrogens is 344 g/mol. The lowest BCUT2D eigenvalue weighted by atomic mass is 9.96. The second-order valence-electron chi connectivity index (χ2n) is 5.52. The summed E-state index contributed by atoms with van der Waals surface area (Å²) in [6.45, 7) is 2.26. The SMILES string of the molecule is CC[N+]1=C2C=C(OC)C(OC)C=C2C(=O)N(c2ccc(Cl)cc2)C1=O. The second kappa shape index (κ2) is 6.82. The van der Waals surface area contributed by atoms with E-state index in [1.54, 1.807) is 36.4 Å². The molecule has 0 bridgehead atoms. The first kappa shape index (κ1) is 17.4. The number of anilines is 1. The fourth-order valence-electron chi connectivity index (χ4n) is 2.93. The van der Waals surface area contributed by atoms with Gasteiger partial charge in [-0.2, -0.15) is 9.37 Å². The zero-order valence-corrected chi connectivity index (χ0v) is 14.9. The minimum atomic E-state index is -0.480. The fraction of sp³-hybridized carbons (Fsp3) is 0.278. The van der Waals surface area contributed by atoms with Crippen molar-refractivity contribution in [2.45, 2.75) is 13.0 Å². The molecule has 1 aromatic rings. The van der Waals surface area contributed by atoms with E-state index in [-0.39, 0.29) is 0 Å². The molecule has 0 fully saturated rings. The molecule has 0 aromatic heterocycles. The lowest BCUT2D eigenvalue weighted by molar-refractivity contribution is -0.421. The van der Waals surface area contributed by atoms with Gasteiger partial charge in [-0.05, 0) is 37.3 Å². The highest BCUT2D eigenvalue weighted by Gasteiger charge is 2.46. The molecule has 1 aliphatic heterocycles. The van der Waals surface area contributed by atoms with Crippen LogP contribution in [0.3, 0.4) is 0 Å². The minimum Gasteiger partial charge on any atom is -0.498 e. The van der Waals surface area contributed by atoms with E-state index in [4.69, 9.17) is 21.1 Å². The summed E-state index contributed by atoms with van der Waals surface area (Å²) < 4.78 is 12.2. The Labute approximate surface area is 150 Å². The Balaban J connectivity index is 2.16. The van der Waals surface area contributed by atoms with Gasteiger partial charge in [0.25, 0.3) is 0 Å². The molecule has 0 N–H and O–H groups in total. The first-order chi connectivity index (χ1) is 12.0. The normalized spacial score (nSPS) is 20.3. The fourth-order valence-corrected chi connectivity index (χ4v) is 3.06. The van der Waals surface area contributed by atoms with E-state index in [2.05, 4.69) is 0 Å². The predicted octanol–water partition coefficient (Wildman–Crippen LogP) is 2.77. The molecule has 0 radical (unpaired) electrons. The molecule has 0 saturated heterocycles. The van der Waals surface area contributed by atoms with Gasteiger partial charge in [-0.1, -0.05) is 11.6 Å². The topological polar surface area (TPSA) is 58.9 Å². The number of hydrogen-bond acceptors (Lipinski definition) is 4. The van der Waals surface area contributed by atoms with Crippen molar-refractivity contribution >= 4 is 34.9 Å². The number of rotatable bonds is 4. The van der Waals surface area contributed by atoms with Crippen LogP contribution < -0.4 is 4.90 Å². The van der Waals surface area contributed by atoms with Crippen LogP contribution in [-0.4, -0.2) is 49.1 Å². The average molecular weight is 362 g/mol. The maximum Gasteiger partial charge on any atom is 0.506 e. The van der Waals surface area contributed by atoms with Crippen molar-refractivity contribution in [1.82, 2.24) is 0 Å². The number of nitrogens with zero attached hydrogens (tertiary/aromatic N) is 2. The lowest BCUT2D eigenvalue weighted by Gasteiger charge is -2.27. The standard InChI is InChI=1S/C18H18ClN2O4/c1-4-20-14-10-16(25-3)15(24-2)9-13(14)17(22)21(18(20)23)12-7-5-11(19)6-8-12/h5-10,15H,4H2,1-3H3/q+1. The van der Waals surface area contributed by atoms with Gasteiger partial charge >= 0.3 is 11.9 Å². The number of fused-ring (bicyclic) bond motifs is 1. The Hall–Kier alpha value is -2.44. The summed E-state index contributed by atoms with van der Waals surface area (Å²) in [7, 11) is 3.06. The average Bonchev–Trinajstić information content (AvgIpc) is 2.62. The Bertz CT molecular complexity index is 824. The van der Waals surface area contributed by atoms with Crippen LogP contribution in [0.1, 0.15) is 6.92 Å². The molecular formula is C18H18ClN2O4+. The van der Waals surface area contributed by atoms with Crippen LogP contribution in [-0.2, 0) is 14.3 Å². The van der Waals surface area contributed by atoms with E-state index in [1.807, 2.05) is 6.92 Å². The summed E-state index contributed by atoms with van der Waals surface area (Å²) in [5, 5.41) is 0.532. The molecule has 25 heavy (non-hydrogen) atoms. The number of halogens is 1. The smallest absolute Gasteiger partial charge is 0.498 e. The van der Waals surface area contributed by atoms with Gasteiger partial charge in [0.15, 0.2) is 0 Å². The van der Waals surface area contributed by atoms with E-state index in [9.17, 15) is 9.59 Å². The molecule has 1 unspecified atom stereocenters. The van der Waals surface area contributed by atoms with Crippen LogP contribution in [0.4, 0.5) is 10.5 Å². The maximum atomic E-state index is 13.0. The van der Waals surface area contributed by atoms with Crippen LogP contribution >= 0.6 is 11.6 Å². The summed E-state index contributed by atoms with van der Waals surface area (Å²) in [5.74, 6) is 0.140. The third kappa shape index (κ3) is 2.88. The first-order valence-corrected chi connectivity index (χ1v) is 8.18. The number of carbonyl (C=O) groups excluding carboxylic acids is 2. The molecule has 3 amide bonds. The summed E-state index contributed by atoms with van der Waals surface area (Å²) in [4.78, 5) is 27.1. The number of benzene rings is 1. The second-order valence-corrected chi connectivity index (χ2v) is 5.95. The van der Waals surface area contributed by atoms with Crippen molar-refractivity contribution in [2.24, 2.45) is 0 Å². The Morgan fingerprint density at radius 3 is 2.44 bits per heavy atom. The predicted molar refractivity (Wildman–Crippen MR) is 94.1 cm³/mol. The molecule has 6 nitrogen and oxygen atoms in total. The van der Waals surface area contributed by atoms with E-state index < -0.39 is 18.0 Å². The number of carbonyl (C=O) groups is 2.